The third kappa shape index (κ3) is 4.23. The van der Waals surface area contributed by atoms with Gasteiger partial charge in [0.15, 0.2) is 0 Å². The van der Waals surface area contributed by atoms with Crippen molar-refractivity contribution in [3.05, 3.63) is 56.6 Å². The number of aromatic hydroxyl groups is 2. The molecule has 0 heterocycles. The summed E-state index contributed by atoms with van der Waals surface area (Å²) < 4.78 is 0. The quantitative estimate of drug-likeness (QED) is 0.797. The largest absolute Gasteiger partial charge is 0.506 e. The van der Waals surface area contributed by atoms with Gasteiger partial charge in [0, 0.05) is 11.1 Å². The van der Waals surface area contributed by atoms with E-state index in [0.29, 0.717) is 29.3 Å². The second kappa shape index (κ2) is 7.82. The van der Waals surface area contributed by atoms with Crippen molar-refractivity contribution in [2.24, 2.45) is 0 Å². The second-order valence-electron chi connectivity index (χ2n) is 4.51. The molecule has 0 unspecified atom stereocenters. The van der Waals surface area contributed by atoms with Gasteiger partial charge in [-0.2, -0.15) is 0 Å². The fourth-order valence-corrected chi connectivity index (χ4v) is 1.97. The fourth-order valence-electron chi connectivity index (χ4n) is 1.62. The Hall–Kier alpha value is -2.04. The maximum atomic E-state index is 10.4. The molecule has 116 valence electrons. The van der Waals surface area contributed by atoms with E-state index in [0.717, 1.165) is 5.56 Å². The van der Waals surface area contributed by atoms with Crippen LogP contribution in [0, 0.1) is 13.8 Å². The van der Waals surface area contributed by atoms with E-state index in [-0.39, 0.29) is 21.5 Å². The number of carbonyl (C=O) groups excluding carboxylic acids is 2. The van der Waals surface area contributed by atoms with E-state index < -0.39 is 0 Å². The van der Waals surface area contributed by atoms with E-state index in [1.807, 2.05) is 0 Å². The Morgan fingerprint density at radius 2 is 1.50 bits per heavy atom. The number of hydrogen-bond acceptors (Lipinski definition) is 4. The second-order valence-corrected chi connectivity index (χ2v) is 5.29. The Labute approximate surface area is 137 Å². The van der Waals surface area contributed by atoms with Gasteiger partial charge in [0.25, 0.3) is 0 Å². The molecule has 0 bridgehead atoms. The van der Waals surface area contributed by atoms with Gasteiger partial charge in [-0.15, -0.1) is 0 Å². The molecule has 0 amide bonds. The summed E-state index contributed by atoms with van der Waals surface area (Å²) in [7, 11) is 0. The predicted molar refractivity (Wildman–Crippen MR) is 86.5 cm³/mol. The maximum absolute atomic E-state index is 10.4. The van der Waals surface area contributed by atoms with Crippen molar-refractivity contribution in [1.29, 1.82) is 0 Å². The number of halogens is 2. The lowest BCUT2D eigenvalue weighted by Crippen LogP contribution is -1.86. The van der Waals surface area contributed by atoms with Crippen molar-refractivity contribution in [2.45, 2.75) is 13.8 Å². The lowest BCUT2D eigenvalue weighted by molar-refractivity contribution is 0.111. The van der Waals surface area contributed by atoms with Crippen LogP contribution in [0.25, 0.3) is 0 Å². The van der Waals surface area contributed by atoms with E-state index in [1.165, 1.54) is 24.3 Å². The van der Waals surface area contributed by atoms with Crippen LogP contribution < -0.4 is 0 Å². The Morgan fingerprint density at radius 3 is 2.05 bits per heavy atom. The fraction of sp³-hybridized carbons (Fsp3) is 0.125. The zero-order chi connectivity index (χ0) is 16.9. The van der Waals surface area contributed by atoms with Crippen molar-refractivity contribution >= 4 is 35.8 Å². The molecular formula is C16H14Cl2O4. The molecule has 2 aromatic carbocycles. The van der Waals surface area contributed by atoms with Crippen LogP contribution in [-0.2, 0) is 0 Å². The topological polar surface area (TPSA) is 74.6 Å². The molecule has 0 aliphatic rings. The predicted octanol–water partition coefficient (Wildman–Crippen LogP) is 4.33. The molecule has 0 saturated carbocycles. The summed E-state index contributed by atoms with van der Waals surface area (Å²) in [4.78, 5) is 20.7. The molecule has 0 spiro atoms. The minimum Gasteiger partial charge on any atom is -0.506 e. The summed E-state index contributed by atoms with van der Waals surface area (Å²) in [6.45, 7) is 3.42. The minimum absolute atomic E-state index is 0.00904. The molecule has 2 rings (SSSR count). The number of phenols is 2. The molecule has 0 aliphatic carbocycles. The molecule has 22 heavy (non-hydrogen) atoms. The first-order chi connectivity index (χ1) is 10.3. The summed E-state index contributed by atoms with van der Waals surface area (Å²) in [6.07, 6.45) is 1.42. The normalized spacial score (nSPS) is 9.64. The van der Waals surface area contributed by atoms with Gasteiger partial charge in [-0.05, 0) is 49.2 Å². The van der Waals surface area contributed by atoms with Crippen molar-refractivity contribution in [3.63, 3.8) is 0 Å². The number of rotatable bonds is 2. The molecule has 2 N–H and O–H groups in total. The summed E-state index contributed by atoms with van der Waals surface area (Å²) in [5, 5.41) is 18.6. The minimum atomic E-state index is 0.00904. The number of carbonyl (C=O) groups is 2. The van der Waals surface area contributed by atoms with Gasteiger partial charge in [0.1, 0.15) is 24.1 Å². The Morgan fingerprint density at radius 1 is 0.909 bits per heavy atom. The number of benzene rings is 2. The Kier molecular flexibility index (Phi) is 6.40. The number of aldehydes is 2. The maximum Gasteiger partial charge on any atom is 0.150 e. The third-order valence-corrected chi connectivity index (χ3v) is 3.78. The molecule has 0 radical (unpaired) electrons. The molecule has 0 aliphatic heterocycles. The zero-order valence-corrected chi connectivity index (χ0v) is 13.4. The Bertz CT molecular complexity index is 706. The highest BCUT2D eigenvalue weighted by molar-refractivity contribution is 6.33. The monoisotopic (exact) mass is 340 g/mol. The first kappa shape index (κ1) is 18.0. The standard InChI is InChI=1S/2C8H7ClO2/c1-5-2-8(11)7(9)3-6(5)4-10;1-5-6(4-10)2-3-7(11)8(5)9/h2*2-4,11H,1H3. The van der Waals surface area contributed by atoms with Crippen LogP contribution in [0.2, 0.25) is 10.0 Å². The highest BCUT2D eigenvalue weighted by Gasteiger charge is 2.05. The van der Waals surface area contributed by atoms with E-state index in [9.17, 15) is 9.59 Å². The first-order valence-corrected chi connectivity index (χ1v) is 6.95. The summed E-state index contributed by atoms with van der Waals surface area (Å²) in [5.74, 6) is 0.0181. The average Bonchev–Trinajstić information content (AvgIpc) is 2.49. The number of aryl methyl sites for hydroxylation is 1. The molecule has 2 aromatic rings. The molecule has 0 aromatic heterocycles. The van der Waals surface area contributed by atoms with Crippen molar-refractivity contribution in [2.75, 3.05) is 0 Å². The lowest BCUT2D eigenvalue weighted by Gasteiger charge is -2.01. The van der Waals surface area contributed by atoms with E-state index in [1.54, 1.807) is 13.8 Å². The Balaban J connectivity index is 0.000000220. The average molecular weight is 341 g/mol. The smallest absolute Gasteiger partial charge is 0.150 e. The van der Waals surface area contributed by atoms with Crippen molar-refractivity contribution < 1.29 is 19.8 Å². The summed E-state index contributed by atoms with van der Waals surface area (Å²) >= 11 is 11.2. The molecule has 4 nitrogen and oxygen atoms in total. The highest BCUT2D eigenvalue weighted by atomic mass is 35.5. The van der Waals surface area contributed by atoms with E-state index in [2.05, 4.69) is 0 Å². The number of hydrogen-bond donors (Lipinski definition) is 2. The third-order valence-electron chi connectivity index (χ3n) is 3.00. The van der Waals surface area contributed by atoms with Gasteiger partial charge in [-0.25, -0.2) is 0 Å². The van der Waals surface area contributed by atoms with Crippen LogP contribution in [0.15, 0.2) is 24.3 Å². The highest BCUT2D eigenvalue weighted by Crippen LogP contribution is 2.28. The zero-order valence-electron chi connectivity index (χ0n) is 11.9. The lowest BCUT2D eigenvalue weighted by atomic mass is 10.1. The van der Waals surface area contributed by atoms with Crippen LogP contribution in [0.5, 0.6) is 11.5 Å². The van der Waals surface area contributed by atoms with E-state index in [4.69, 9.17) is 33.4 Å². The molecular weight excluding hydrogens is 327 g/mol. The van der Waals surface area contributed by atoms with Gasteiger partial charge >= 0.3 is 0 Å². The van der Waals surface area contributed by atoms with Gasteiger partial charge in [0.2, 0.25) is 0 Å². The molecule has 6 heteroatoms. The van der Waals surface area contributed by atoms with E-state index >= 15 is 0 Å². The van der Waals surface area contributed by atoms with Gasteiger partial charge in [0.05, 0.1) is 10.0 Å². The SMILES string of the molecule is Cc1c(C=O)ccc(O)c1Cl.Cc1cc(O)c(Cl)cc1C=O. The van der Waals surface area contributed by atoms with Crippen LogP contribution in [0.3, 0.4) is 0 Å². The van der Waals surface area contributed by atoms with Gasteiger partial charge < -0.3 is 10.2 Å². The van der Waals surface area contributed by atoms with Gasteiger partial charge in [-0.3, -0.25) is 9.59 Å². The van der Waals surface area contributed by atoms with Crippen molar-refractivity contribution in [3.8, 4) is 11.5 Å². The number of phenolic OH excluding ortho intramolecular Hbond substituents is 2. The summed E-state index contributed by atoms with van der Waals surface area (Å²) in [6, 6.07) is 5.84. The first-order valence-electron chi connectivity index (χ1n) is 6.19. The molecule has 0 fully saturated rings. The summed E-state index contributed by atoms with van der Waals surface area (Å²) in [5.41, 5.74) is 2.35. The van der Waals surface area contributed by atoms with Crippen molar-refractivity contribution in [1.82, 2.24) is 0 Å². The molecule has 0 atom stereocenters. The van der Waals surface area contributed by atoms with Crippen LogP contribution in [0.1, 0.15) is 31.8 Å². The molecule has 0 saturated heterocycles. The van der Waals surface area contributed by atoms with Gasteiger partial charge in [-0.1, -0.05) is 23.2 Å². The van der Waals surface area contributed by atoms with Crippen LogP contribution >= 0.6 is 23.2 Å². The van der Waals surface area contributed by atoms with Crippen LogP contribution in [0.4, 0.5) is 0 Å². The van der Waals surface area contributed by atoms with Crippen LogP contribution in [-0.4, -0.2) is 22.8 Å².